The lowest BCUT2D eigenvalue weighted by Gasteiger charge is -2.27. The van der Waals surface area contributed by atoms with Gasteiger partial charge in [0, 0.05) is 30.3 Å². The minimum Gasteiger partial charge on any atom is -0.407 e. The van der Waals surface area contributed by atoms with E-state index in [1.54, 1.807) is 24.3 Å². The van der Waals surface area contributed by atoms with E-state index in [1.165, 1.54) is 30.9 Å². The van der Waals surface area contributed by atoms with Crippen molar-refractivity contribution in [2.24, 2.45) is 0 Å². The summed E-state index contributed by atoms with van der Waals surface area (Å²) in [6.07, 6.45) is -1.30. The van der Waals surface area contributed by atoms with Gasteiger partial charge in [0.1, 0.15) is 11.9 Å². The van der Waals surface area contributed by atoms with Crippen LogP contribution in [-0.2, 0) is 22.3 Å². The van der Waals surface area contributed by atoms with Gasteiger partial charge in [0.05, 0.1) is 30.3 Å². The highest BCUT2D eigenvalue weighted by Crippen LogP contribution is 2.37. The van der Waals surface area contributed by atoms with Crippen LogP contribution >= 0.6 is 11.6 Å². The molecule has 2 aromatic carbocycles. The molecule has 2 heterocycles. The average Bonchev–Trinajstić information content (AvgIpc) is 3.34. The molecule has 3 N–H and O–H groups in total. The van der Waals surface area contributed by atoms with Crippen molar-refractivity contribution in [3.05, 3.63) is 77.3 Å². The Hall–Kier alpha value is -3.90. The molecule has 13 heteroatoms. The molecule has 194 valence electrons. The van der Waals surface area contributed by atoms with Crippen molar-refractivity contribution >= 4 is 35.0 Å². The molecular formula is C24H21ClF3N5O4. The Morgan fingerprint density at radius 1 is 1.11 bits per heavy atom. The molecule has 1 atom stereocenters. The van der Waals surface area contributed by atoms with E-state index in [9.17, 15) is 22.8 Å². The summed E-state index contributed by atoms with van der Waals surface area (Å²) in [5.74, 6) is -0.353. The topological polar surface area (TPSA) is 114 Å². The summed E-state index contributed by atoms with van der Waals surface area (Å²) in [7, 11) is 0. The van der Waals surface area contributed by atoms with Gasteiger partial charge in [0.2, 0.25) is 5.91 Å². The number of hydrogen-bond donors (Lipinski definition) is 3. The summed E-state index contributed by atoms with van der Waals surface area (Å²) in [6, 6.07) is 9.95. The third kappa shape index (κ3) is 6.66. The molecule has 9 nitrogen and oxygen atoms in total. The number of nitrogens with one attached hydrogen (secondary N) is 3. The van der Waals surface area contributed by atoms with Gasteiger partial charge in [-0.1, -0.05) is 23.7 Å². The molecule has 0 saturated carbocycles. The molecule has 3 aromatic rings. The quantitative estimate of drug-likeness (QED) is 0.409. The van der Waals surface area contributed by atoms with E-state index in [2.05, 4.69) is 25.9 Å². The van der Waals surface area contributed by atoms with Gasteiger partial charge < -0.3 is 25.4 Å². The van der Waals surface area contributed by atoms with E-state index < -0.39 is 29.3 Å². The van der Waals surface area contributed by atoms with E-state index in [0.717, 1.165) is 6.07 Å². The Morgan fingerprint density at radius 3 is 2.49 bits per heavy atom. The number of halogens is 4. The molecule has 0 unspecified atom stereocenters. The van der Waals surface area contributed by atoms with Crippen molar-refractivity contribution in [2.45, 2.75) is 24.7 Å². The number of aromatic nitrogens is 2. The maximum atomic E-state index is 13.3. The largest absolute Gasteiger partial charge is 0.418 e. The molecule has 2 amide bonds. The van der Waals surface area contributed by atoms with Crippen LogP contribution in [0.5, 0.6) is 5.75 Å². The van der Waals surface area contributed by atoms with Crippen molar-refractivity contribution in [3.63, 3.8) is 0 Å². The Kier molecular flexibility index (Phi) is 7.79. The zero-order valence-corrected chi connectivity index (χ0v) is 19.9. The summed E-state index contributed by atoms with van der Waals surface area (Å²) in [4.78, 5) is 32.8. The van der Waals surface area contributed by atoms with E-state index >= 15 is 0 Å². The number of ether oxygens (including phenoxy) is 2. The first-order valence-corrected chi connectivity index (χ1v) is 11.4. The second kappa shape index (κ2) is 11.0. The zero-order valence-electron chi connectivity index (χ0n) is 19.1. The maximum absolute atomic E-state index is 13.3. The van der Waals surface area contributed by atoms with Gasteiger partial charge in [-0.15, -0.1) is 0 Å². The third-order valence-electron chi connectivity index (χ3n) is 5.52. The summed E-state index contributed by atoms with van der Waals surface area (Å²) in [5, 5.41) is 8.04. The number of alkyl halides is 3. The van der Waals surface area contributed by atoms with Crippen molar-refractivity contribution in [2.75, 3.05) is 18.5 Å². The number of benzene rings is 2. The zero-order chi connectivity index (χ0) is 26.5. The molecule has 0 radical (unpaired) electrons. The molecule has 1 aromatic heterocycles. The number of hydrogen-bond acceptors (Lipinski definition) is 7. The van der Waals surface area contributed by atoms with Crippen LogP contribution in [-0.4, -0.2) is 40.7 Å². The summed E-state index contributed by atoms with van der Waals surface area (Å²) >= 11 is 5.72. The predicted octanol–water partition coefficient (Wildman–Crippen LogP) is 4.46. The van der Waals surface area contributed by atoms with Crippen LogP contribution in [0.1, 0.15) is 17.5 Å². The van der Waals surface area contributed by atoms with Crippen LogP contribution in [0.15, 0.2) is 61.2 Å². The third-order valence-corrected chi connectivity index (χ3v) is 5.75. The second-order valence-corrected chi connectivity index (χ2v) is 8.60. The molecule has 1 aliphatic rings. The summed E-state index contributed by atoms with van der Waals surface area (Å²) in [6.45, 7) is 0.344. The number of anilines is 2. The first-order valence-electron chi connectivity index (χ1n) is 11.0. The predicted molar refractivity (Wildman–Crippen MR) is 127 cm³/mol. The summed E-state index contributed by atoms with van der Waals surface area (Å²) < 4.78 is 50.5. The van der Waals surface area contributed by atoms with E-state index in [-0.39, 0.29) is 42.6 Å². The molecule has 1 fully saturated rings. The highest BCUT2D eigenvalue weighted by atomic mass is 35.5. The van der Waals surface area contributed by atoms with Gasteiger partial charge in [-0.25, -0.2) is 14.8 Å². The smallest absolute Gasteiger partial charge is 0.407 e. The van der Waals surface area contributed by atoms with Gasteiger partial charge in [-0.3, -0.25) is 4.79 Å². The maximum Gasteiger partial charge on any atom is 0.418 e. The Labute approximate surface area is 214 Å². The fourth-order valence-corrected chi connectivity index (χ4v) is 3.81. The fraction of sp³-hybridized carbons (Fsp3) is 0.250. The normalized spacial score (nSPS) is 17.2. The SMILES string of the molecule is O=C(N[C@@]1(C(=O)NCc2ccc(Nc3ccc(Cl)cc3C(F)(F)F)cc2)CCOC1)Oc1cncnc1. The van der Waals surface area contributed by atoms with Crippen LogP contribution in [0.3, 0.4) is 0 Å². The monoisotopic (exact) mass is 535 g/mol. The highest BCUT2D eigenvalue weighted by Gasteiger charge is 2.44. The molecule has 1 aliphatic heterocycles. The second-order valence-electron chi connectivity index (χ2n) is 8.17. The van der Waals surface area contributed by atoms with Crippen LogP contribution in [0.4, 0.5) is 29.3 Å². The van der Waals surface area contributed by atoms with Crippen LogP contribution in [0.25, 0.3) is 0 Å². The van der Waals surface area contributed by atoms with Crippen molar-refractivity contribution in [1.29, 1.82) is 0 Å². The number of amides is 2. The van der Waals surface area contributed by atoms with Gasteiger partial charge in [0.15, 0.2) is 5.75 Å². The summed E-state index contributed by atoms with van der Waals surface area (Å²) in [5.41, 5.74) is -1.24. The Morgan fingerprint density at radius 2 is 1.84 bits per heavy atom. The van der Waals surface area contributed by atoms with Crippen LogP contribution in [0, 0.1) is 0 Å². The fourth-order valence-electron chi connectivity index (χ4n) is 3.64. The van der Waals surface area contributed by atoms with Crippen LogP contribution in [0.2, 0.25) is 5.02 Å². The molecule has 0 bridgehead atoms. The minimum absolute atomic E-state index is 0.0220. The number of nitrogens with zero attached hydrogens (tertiary/aromatic N) is 2. The minimum atomic E-state index is -4.58. The standard InChI is InChI=1S/C24H21ClF3N5O4/c25-16-3-6-20(19(9-16)24(26,27)28)32-17-4-1-15(2-5-17)10-31-21(34)23(7-8-36-13-23)33-22(35)37-18-11-29-14-30-12-18/h1-6,9,11-12,14,32H,7-8,10,13H2,(H,31,34)(H,33,35)/t23-/m0/s1. The van der Waals surface area contributed by atoms with Gasteiger partial charge in [0.25, 0.3) is 0 Å². The number of carbonyl (C=O) groups excluding carboxylic acids is 2. The Balaban J connectivity index is 1.37. The van der Waals surface area contributed by atoms with E-state index in [1.807, 2.05) is 0 Å². The van der Waals surface area contributed by atoms with Crippen LogP contribution < -0.4 is 20.7 Å². The number of rotatable bonds is 7. The lowest BCUT2D eigenvalue weighted by Crippen LogP contribution is -2.59. The first kappa shape index (κ1) is 26.2. The molecule has 37 heavy (non-hydrogen) atoms. The number of carbonyl (C=O) groups is 2. The van der Waals surface area contributed by atoms with Gasteiger partial charge >= 0.3 is 12.3 Å². The van der Waals surface area contributed by atoms with E-state index in [0.29, 0.717) is 11.3 Å². The first-order chi connectivity index (χ1) is 17.6. The molecule has 0 aliphatic carbocycles. The molecular weight excluding hydrogens is 515 g/mol. The van der Waals surface area contributed by atoms with Gasteiger partial charge in [-0.05, 0) is 35.9 Å². The molecule has 4 rings (SSSR count). The molecule has 0 spiro atoms. The highest BCUT2D eigenvalue weighted by molar-refractivity contribution is 6.30. The van der Waals surface area contributed by atoms with Crippen molar-refractivity contribution < 1.29 is 32.2 Å². The van der Waals surface area contributed by atoms with Crippen molar-refractivity contribution in [1.82, 2.24) is 20.6 Å². The Bertz CT molecular complexity index is 1250. The molecule has 1 saturated heterocycles. The average molecular weight is 536 g/mol. The van der Waals surface area contributed by atoms with E-state index in [4.69, 9.17) is 21.1 Å². The van der Waals surface area contributed by atoms with Crippen molar-refractivity contribution in [3.8, 4) is 5.75 Å². The lowest BCUT2D eigenvalue weighted by atomic mass is 9.97. The lowest BCUT2D eigenvalue weighted by molar-refractivity contribution is -0.137. The van der Waals surface area contributed by atoms with Gasteiger partial charge in [-0.2, -0.15) is 13.2 Å².